The summed E-state index contributed by atoms with van der Waals surface area (Å²) in [5.74, 6) is -1.04. The van der Waals surface area contributed by atoms with Gasteiger partial charge in [-0.2, -0.15) is 4.98 Å². The number of benzene rings is 1. The first kappa shape index (κ1) is 19.3. The number of aliphatic carboxylic acids is 1. The van der Waals surface area contributed by atoms with Crippen molar-refractivity contribution in [1.82, 2.24) is 9.97 Å². The quantitative estimate of drug-likeness (QED) is 0.688. The molecule has 0 unspecified atom stereocenters. The van der Waals surface area contributed by atoms with Crippen LogP contribution in [0, 0.1) is 0 Å². The van der Waals surface area contributed by atoms with Gasteiger partial charge in [-0.3, -0.25) is 4.79 Å². The Balaban J connectivity index is 2.38. The highest BCUT2D eigenvalue weighted by Gasteiger charge is 2.31. The van der Waals surface area contributed by atoms with Crippen LogP contribution in [-0.4, -0.2) is 40.0 Å². The summed E-state index contributed by atoms with van der Waals surface area (Å²) in [5, 5.41) is 14.4. The Hall–Kier alpha value is -3.04. The molecule has 0 radical (unpaired) electrons. The van der Waals surface area contributed by atoms with Crippen molar-refractivity contribution in [3.8, 4) is 17.0 Å². The lowest BCUT2D eigenvalue weighted by Gasteiger charge is -2.13. The van der Waals surface area contributed by atoms with Crippen molar-refractivity contribution in [1.29, 1.82) is 0 Å². The molecule has 0 aliphatic rings. The van der Waals surface area contributed by atoms with E-state index in [0.29, 0.717) is 17.1 Å². The fraction of sp³-hybridized carbons (Fsp3) is 0.312. The summed E-state index contributed by atoms with van der Waals surface area (Å²) < 4.78 is 41.1. The van der Waals surface area contributed by atoms with Gasteiger partial charge in [-0.1, -0.05) is 12.1 Å². The minimum absolute atomic E-state index is 0.0324. The fourth-order valence-corrected chi connectivity index (χ4v) is 2.05. The first-order chi connectivity index (χ1) is 12.1. The maximum atomic E-state index is 12.4. The van der Waals surface area contributed by atoms with Crippen LogP contribution in [0.25, 0.3) is 11.3 Å². The molecule has 1 aromatic heterocycles. The predicted octanol–water partition coefficient (Wildman–Crippen LogP) is 3.36. The third kappa shape index (κ3) is 6.11. The highest BCUT2D eigenvalue weighted by atomic mass is 19.4. The van der Waals surface area contributed by atoms with E-state index in [9.17, 15) is 18.0 Å². The summed E-state index contributed by atoms with van der Waals surface area (Å²) in [6.45, 7) is 3.36. The van der Waals surface area contributed by atoms with Gasteiger partial charge in [-0.25, -0.2) is 4.98 Å². The zero-order chi connectivity index (χ0) is 19.3. The molecule has 0 bridgehead atoms. The Labute approximate surface area is 147 Å². The van der Waals surface area contributed by atoms with Gasteiger partial charge in [0.15, 0.2) is 0 Å². The standard InChI is InChI=1S/C16H17F3N4O3/c1-9(2)21-13-7-12(22-15(23-13)20-8-14(24)25)10-4-3-5-11(6-10)26-16(17,18)19/h3-7,9H,8H2,1-2H3,(H,24,25)(H2,20,21,22,23). The van der Waals surface area contributed by atoms with E-state index in [-0.39, 0.29) is 17.7 Å². The predicted molar refractivity (Wildman–Crippen MR) is 89.0 cm³/mol. The van der Waals surface area contributed by atoms with Crippen LogP contribution in [-0.2, 0) is 4.79 Å². The molecule has 0 fully saturated rings. The molecule has 140 valence electrons. The lowest BCUT2D eigenvalue weighted by molar-refractivity contribution is -0.274. The van der Waals surface area contributed by atoms with Crippen molar-refractivity contribution in [3.05, 3.63) is 30.3 Å². The van der Waals surface area contributed by atoms with Crippen LogP contribution in [0.15, 0.2) is 30.3 Å². The van der Waals surface area contributed by atoms with E-state index in [1.807, 2.05) is 13.8 Å². The summed E-state index contributed by atoms with van der Waals surface area (Å²) in [5.41, 5.74) is 0.669. The summed E-state index contributed by atoms with van der Waals surface area (Å²) in [4.78, 5) is 19.0. The minimum Gasteiger partial charge on any atom is -0.480 e. The first-order valence-electron chi connectivity index (χ1n) is 7.60. The van der Waals surface area contributed by atoms with Gasteiger partial charge in [-0.15, -0.1) is 13.2 Å². The number of ether oxygens (including phenoxy) is 1. The summed E-state index contributed by atoms with van der Waals surface area (Å²) >= 11 is 0. The zero-order valence-corrected chi connectivity index (χ0v) is 14.0. The van der Waals surface area contributed by atoms with E-state index in [0.717, 1.165) is 0 Å². The number of nitrogens with zero attached hydrogens (tertiary/aromatic N) is 2. The molecule has 1 heterocycles. The number of hydrogen-bond donors (Lipinski definition) is 3. The molecular formula is C16H17F3N4O3. The number of hydrogen-bond acceptors (Lipinski definition) is 6. The van der Waals surface area contributed by atoms with Crippen molar-refractivity contribution in [2.75, 3.05) is 17.2 Å². The Bertz CT molecular complexity index is 782. The number of aromatic nitrogens is 2. The van der Waals surface area contributed by atoms with Crippen LogP contribution in [0.3, 0.4) is 0 Å². The second-order valence-electron chi connectivity index (χ2n) is 5.58. The van der Waals surface area contributed by atoms with Crippen molar-refractivity contribution in [2.45, 2.75) is 26.3 Å². The summed E-state index contributed by atoms with van der Waals surface area (Å²) in [7, 11) is 0. The van der Waals surface area contributed by atoms with Gasteiger partial charge in [0.1, 0.15) is 18.1 Å². The topological polar surface area (TPSA) is 96.4 Å². The molecule has 7 nitrogen and oxygen atoms in total. The Morgan fingerprint density at radius 3 is 2.62 bits per heavy atom. The SMILES string of the molecule is CC(C)Nc1cc(-c2cccc(OC(F)(F)F)c2)nc(NCC(=O)O)n1. The molecular weight excluding hydrogens is 353 g/mol. The Kier molecular flexibility index (Phi) is 5.86. The molecule has 1 aromatic carbocycles. The van der Waals surface area contributed by atoms with Crippen LogP contribution in [0.5, 0.6) is 5.75 Å². The first-order valence-corrected chi connectivity index (χ1v) is 7.60. The Morgan fingerprint density at radius 1 is 1.27 bits per heavy atom. The average molecular weight is 370 g/mol. The molecule has 2 rings (SSSR count). The number of halogens is 3. The highest BCUT2D eigenvalue weighted by Crippen LogP contribution is 2.28. The normalized spacial score (nSPS) is 11.3. The van der Waals surface area contributed by atoms with E-state index in [4.69, 9.17) is 5.11 Å². The molecule has 0 spiro atoms. The molecule has 26 heavy (non-hydrogen) atoms. The Morgan fingerprint density at radius 2 is 2.00 bits per heavy atom. The number of nitrogens with one attached hydrogen (secondary N) is 2. The maximum Gasteiger partial charge on any atom is 0.573 e. The third-order valence-electron chi connectivity index (χ3n) is 2.92. The molecule has 0 amide bonds. The van der Waals surface area contributed by atoms with Crippen molar-refractivity contribution in [3.63, 3.8) is 0 Å². The van der Waals surface area contributed by atoms with E-state index in [1.54, 1.807) is 12.1 Å². The van der Waals surface area contributed by atoms with Crippen LogP contribution < -0.4 is 15.4 Å². The van der Waals surface area contributed by atoms with E-state index >= 15 is 0 Å². The second-order valence-corrected chi connectivity index (χ2v) is 5.58. The zero-order valence-electron chi connectivity index (χ0n) is 14.0. The van der Waals surface area contributed by atoms with E-state index in [1.165, 1.54) is 18.2 Å². The molecule has 2 aromatic rings. The number of rotatable bonds is 7. The highest BCUT2D eigenvalue weighted by molar-refractivity contribution is 5.72. The van der Waals surface area contributed by atoms with Crippen molar-refractivity contribution >= 4 is 17.7 Å². The van der Waals surface area contributed by atoms with Crippen LogP contribution >= 0.6 is 0 Å². The van der Waals surface area contributed by atoms with Gasteiger partial charge in [0, 0.05) is 17.7 Å². The van der Waals surface area contributed by atoms with Crippen LogP contribution in [0.1, 0.15) is 13.8 Å². The van der Waals surface area contributed by atoms with E-state index in [2.05, 4.69) is 25.3 Å². The summed E-state index contributed by atoms with van der Waals surface area (Å²) in [6.07, 6.45) is -4.80. The van der Waals surface area contributed by atoms with E-state index < -0.39 is 18.9 Å². The second kappa shape index (κ2) is 7.89. The van der Waals surface area contributed by atoms with Gasteiger partial charge < -0.3 is 20.5 Å². The van der Waals surface area contributed by atoms with Crippen LogP contribution in [0.2, 0.25) is 0 Å². The van der Waals surface area contributed by atoms with Crippen LogP contribution in [0.4, 0.5) is 24.9 Å². The van der Waals surface area contributed by atoms with Crippen molar-refractivity contribution < 1.29 is 27.8 Å². The number of carboxylic acid groups (broad SMARTS) is 1. The van der Waals surface area contributed by atoms with Gasteiger partial charge in [0.2, 0.25) is 5.95 Å². The lowest BCUT2D eigenvalue weighted by atomic mass is 10.1. The fourth-order valence-electron chi connectivity index (χ4n) is 2.05. The summed E-state index contributed by atoms with van der Waals surface area (Å²) in [6, 6.07) is 6.92. The number of alkyl halides is 3. The minimum atomic E-state index is -4.80. The molecule has 0 atom stereocenters. The third-order valence-corrected chi connectivity index (χ3v) is 2.92. The molecule has 0 aliphatic heterocycles. The number of carbonyl (C=O) groups is 1. The molecule has 0 saturated heterocycles. The molecule has 3 N–H and O–H groups in total. The average Bonchev–Trinajstić information content (AvgIpc) is 2.50. The van der Waals surface area contributed by atoms with Gasteiger partial charge in [-0.05, 0) is 26.0 Å². The molecule has 0 aliphatic carbocycles. The lowest BCUT2D eigenvalue weighted by Crippen LogP contribution is -2.17. The molecule has 0 saturated carbocycles. The van der Waals surface area contributed by atoms with Crippen molar-refractivity contribution in [2.24, 2.45) is 0 Å². The van der Waals surface area contributed by atoms with Gasteiger partial charge >= 0.3 is 12.3 Å². The maximum absolute atomic E-state index is 12.4. The largest absolute Gasteiger partial charge is 0.573 e. The van der Waals surface area contributed by atoms with Gasteiger partial charge in [0.25, 0.3) is 0 Å². The van der Waals surface area contributed by atoms with Gasteiger partial charge in [0.05, 0.1) is 5.69 Å². The number of carboxylic acids is 1. The molecule has 10 heteroatoms. The smallest absolute Gasteiger partial charge is 0.480 e. The monoisotopic (exact) mass is 370 g/mol. The number of anilines is 2.